The van der Waals surface area contributed by atoms with Crippen molar-refractivity contribution in [2.45, 2.75) is 37.7 Å². The van der Waals surface area contributed by atoms with E-state index in [1.165, 1.54) is 11.8 Å². The van der Waals surface area contributed by atoms with Crippen LogP contribution >= 0.6 is 11.8 Å². The van der Waals surface area contributed by atoms with E-state index in [0.717, 1.165) is 17.0 Å². The SMILES string of the molecule is C=CCn1c(SC(C)C(=O)Nc2cc(C)no2)nnc1-c1cccc(C)c1. The maximum absolute atomic E-state index is 12.4. The van der Waals surface area contributed by atoms with Gasteiger partial charge in [-0.05, 0) is 26.8 Å². The second-order valence-corrected chi connectivity index (χ2v) is 7.46. The zero-order valence-corrected chi connectivity index (χ0v) is 16.3. The molecular formula is C19H21N5O2S. The Morgan fingerprint density at radius 3 is 2.85 bits per heavy atom. The fraction of sp³-hybridized carbons (Fsp3) is 0.263. The third-order valence-electron chi connectivity index (χ3n) is 3.83. The van der Waals surface area contributed by atoms with E-state index >= 15 is 0 Å². The first-order valence-electron chi connectivity index (χ1n) is 8.50. The molecule has 1 amide bonds. The second-order valence-electron chi connectivity index (χ2n) is 6.16. The van der Waals surface area contributed by atoms with Crippen LogP contribution < -0.4 is 5.32 Å². The van der Waals surface area contributed by atoms with Crippen molar-refractivity contribution < 1.29 is 9.32 Å². The molecule has 1 unspecified atom stereocenters. The summed E-state index contributed by atoms with van der Waals surface area (Å²) in [5, 5.41) is 15.4. The van der Waals surface area contributed by atoms with Gasteiger partial charge in [-0.25, -0.2) is 0 Å². The molecule has 1 aromatic carbocycles. The molecular weight excluding hydrogens is 362 g/mol. The van der Waals surface area contributed by atoms with Gasteiger partial charge in [0.1, 0.15) is 0 Å². The molecule has 8 heteroatoms. The van der Waals surface area contributed by atoms with E-state index < -0.39 is 5.25 Å². The summed E-state index contributed by atoms with van der Waals surface area (Å²) in [6.07, 6.45) is 1.79. The van der Waals surface area contributed by atoms with Crippen LogP contribution in [0, 0.1) is 13.8 Å². The summed E-state index contributed by atoms with van der Waals surface area (Å²) in [6, 6.07) is 9.74. The van der Waals surface area contributed by atoms with E-state index in [0.29, 0.717) is 23.3 Å². The van der Waals surface area contributed by atoms with Crippen LogP contribution in [-0.2, 0) is 11.3 Å². The molecule has 140 valence electrons. The predicted octanol–water partition coefficient (Wildman–Crippen LogP) is 3.86. The van der Waals surface area contributed by atoms with E-state index in [9.17, 15) is 4.79 Å². The van der Waals surface area contributed by atoms with Crippen LogP contribution in [0.25, 0.3) is 11.4 Å². The molecule has 1 N–H and O–H groups in total. The number of allylic oxidation sites excluding steroid dienone is 1. The molecule has 0 spiro atoms. The van der Waals surface area contributed by atoms with Crippen LogP contribution in [0.4, 0.5) is 5.88 Å². The van der Waals surface area contributed by atoms with Crippen molar-refractivity contribution in [3.63, 3.8) is 0 Å². The lowest BCUT2D eigenvalue weighted by Crippen LogP contribution is -2.22. The predicted molar refractivity (Wildman–Crippen MR) is 106 cm³/mol. The minimum absolute atomic E-state index is 0.193. The molecule has 27 heavy (non-hydrogen) atoms. The highest BCUT2D eigenvalue weighted by Crippen LogP contribution is 2.28. The minimum Gasteiger partial charge on any atom is -0.338 e. The molecule has 0 radical (unpaired) electrons. The largest absolute Gasteiger partial charge is 0.338 e. The number of nitrogens with zero attached hydrogens (tertiary/aromatic N) is 4. The first-order valence-corrected chi connectivity index (χ1v) is 9.38. The Morgan fingerprint density at radius 1 is 1.37 bits per heavy atom. The Morgan fingerprint density at radius 2 is 2.19 bits per heavy atom. The number of benzene rings is 1. The van der Waals surface area contributed by atoms with E-state index in [1.807, 2.05) is 36.6 Å². The molecule has 0 aliphatic carbocycles. The summed E-state index contributed by atoms with van der Waals surface area (Å²) < 4.78 is 6.99. The monoisotopic (exact) mass is 383 g/mol. The van der Waals surface area contributed by atoms with Crippen molar-refractivity contribution in [2.24, 2.45) is 0 Å². The molecule has 0 aliphatic rings. The van der Waals surface area contributed by atoms with Gasteiger partial charge in [-0.1, -0.05) is 46.8 Å². The molecule has 3 rings (SSSR count). The van der Waals surface area contributed by atoms with Gasteiger partial charge in [-0.15, -0.1) is 16.8 Å². The van der Waals surface area contributed by atoms with Crippen molar-refractivity contribution in [1.82, 2.24) is 19.9 Å². The molecule has 0 aliphatic heterocycles. The van der Waals surface area contributed by atoms with Crippen molar-refractivity contribution in [2.75, 3.05) is 5.32 Å². The lowest BCUT2D eigenvalue weighted by molar-refractivity contribution is -0.115. The van der Waals surface area contributed by atoms with Gasteiger partial charge in [0.25, 0.3) is 0 Å². The Bertz CT molecular complexity index is 963. The molecule has 2 aromatic heterocycles. The lowest BCUT2D eigenvalue weighted by Gasteiger charge is -2.12. The van der Waals surface area contributed by atoms with E-state index in [2.05, 4.69) is 33.3 Å². The maximum Gasteiger partial charge on any atom is 0.240 e. The van der Waals surface area contributed by atoms with Gasteiger partial charge in [-0.2, -0.15) is 0 Å². The number of amides is 1. The second kappa shape index (κ2) is 8.22. The van der Waals surface area contributed by atoms with Crippen LogP contribution in [0.5, 0.6) is 0 Å². The van der Waals surface area contributed by atoms with Crippen LogP contribution in [0.15, 0.2) is 52.7 Å². The molecule has 3 aromatic rings. The molecule has 1 atom stereocenters. The van der Waals surface area contributed by atoms with Crippen molar-refractivity contribution in [3.05, 3.63) is 54.2 Å². The lowest BCUT2D eigenvalue weighted by atomic mass is 10.1. The van der Waals surface area contributed by atoms with Gasteiger partial charge < -0.3 is 4.52 Å². The van der Waals surface area contributed by atoms with E-state index in [1.54, 1.807) is 19.1 Å². The average Bonchev–Trinajstić information content (AvgIpc) is 3.22. The van der Waals surface area contributed by atoms with Gasteiger partial charge in [0, 0.05) is 18.2 Å². The van der Waals surface area contributed by atoms with Gasteiger partial charge in [0.15, 0.2) is 11.0 Å². The number of nitrogens with one attached hydrogen (secondary N) is 1. The van der Waals surface area contributed by atoms with Gasteiger partial charge in [0.2, 0.25) is 11.8 Å². The number of carbonyl (C=O) groups is 1. The molecule has 0 fully saturated rings. The van der Waals surface area contributed by atoms with Gasteiger partial charge in [-0.3, -0.25) is 14.7 Å². The maximum atomic E-state index is 12.4. The van der Waals surface area contributed by atoms with Crippen LogP contribution in [0.3, 0.4) is 0 Å². The third kappa shape index (κ3) is 4.46. The number of carbonyl (C=O) groups excluding carboxylic acids is 1. The van der Waals surface area contributed by atoms with Crippen LogP contribution in [-0.4, -0.2) is 31.1 Å². The number of anilines is 1. The number of hydrogen-bond donors (Lipinski definition) is 1. The van der Waals surface area contributed by atoms with E-state index in [4.69, 9.17) is 4.52 Å². The van der Waals surface area contributed by atoms with Crippen molar-refractivity contribution in [1.29, 1.82) is 0 Å². The fourth-order valence-electron chi connectivity index (χ4n) is 2.52. The Kier molecular flexibility index (Phi) is 5.75. The highest BCUT2D eigenvalue weighted by molar-refractivity contribution is 8.00. The number of rotatable bonds is 7. The van der Waals surface area contributed by atoms with Gasteiger partial charge in [0.05, 0.1) is 10.9 Å². The molecule has 7 nitrogen and oxygen atoms in total. The number of hydrogen-bond acceptors (Lipinski definition) is 6. The molecule has 0 saturated heterocycles. The third-order valence-corrected chi connectivity index (χ3v) is 4.91. The topological polar surface area (TPSA) is 85.8 Å². The summed E-state index contributed by atoms with van der Waals surface area (Å²) in [4.78, 5) is 12.4. The summed E-state index contributed by atoms with van der Waals surface area (Å²) in [5.74, 6) is 0.888. The Labute approximate surface area is 161 Å². The number of aromatic nitrogens is 4. The van der Waals surface area contributed by atoms with Crippen LogP contribution in [0.2, 0.25) is 0 Å². The molecule has 2 heterocycles. The van der Waals surface area contributed by atoms with Crippen LogP contribution in [0.1, 0.15) is 18.2 Å². The quantitative estimate of drug-likeness (QED) is 0.493. The van der Waals surface area contributed by atoms with Crippen molar-refractivity contribution in [3.8, 4) is 11.4 Å². The zero-order chi connectivity index (χ0) is 19.4. The Balaban J connectivity index is 1.79. The normalized spacial score (nSPS) is 12.0. The number of aryl methyl sites for hydroxylation is 2. The Hall–Kier alpha value is -2.87. The molecule has 0 bridgehead atoms. The zero-order valence-electron chi connectivity index (χ0n) is 15.5. The first-order chi connectivity index (χ1) is 13.0. The molecule has 0 saturated carbocycles. The summed E-state index contributed by atoms with van der Waals surface area (Å²) >= 11 is 1.33. The summed E-state index contributed by atoms with van der Waals surface area (Å²) in [6.45, 7) is 10.0. The highest BCUT2D eigenvalue weighted by Gasteiger charge is 2.21. The standard InChI is InChI=1S/C19H21N5O2S/c1-5-9-24-17(15-8-6-7-12(2)10-15)21-22-19(24)27-14(4)18(25)20-16-11-13(3)23-26-16/h5-8,10-11,14H,1,9H2,2-4H3,(H,20,25). The summed E-state index contributed by atoms with van der Waals surface area (Å²) in [5.41, 5.74) is 2.83. The smallest absolute Gasteiger partial charge is 0.240 e. The highest BCUT2D eigenvalue weighted by atomic mass is 32.2. The van der Waals surface area contributed by atoms with E-state index in [-0.39, 0.29) is 5.91 Å². The first kappa shape index (κ1) is 18.9. The fourth-order valence-corrected chi connectivity index (χ4v) is 3.38. The average molecular weight is 383 g/mol. The summed E-state index contributed by atoms with van der Waals surface area (Å²) in [7, 11) is 0. The van der Waals surface area contributed by atoms with Gasteiger partial charge >= 0.3 is 0 Å². The van der Waals surface area contributed by atoms with Crippen molar-refractivity contribution >= 4 is 23.6 Å². The number of thioether (sulfide) groups is 1. The minimum atomic E-state index is -0.395.